The molecule has 0 aliphatic rings. The Morgan fingerprint density at radius 3 is 2.65 bits per heavy atom. The second-order valence-corrected chi connectivity index (χ2v) is 5.19. The monoisotopic (exact) mass is 310 g/mol. The van der Waals surface area contributed by atoms with E-state index in [0.717, 1.165) is 22.2 Å². The molecule has 5 heteroatoms. The highest BCUT2D eigenvalue weighted by molar-refractivity contribution is 5.94. The zero-order chi connectivity index (χ0) is 16.2. The Balaban J connectivity index is 1.71. The maximum atomic E-state index is 12.2. The van der Waals surface area contributed by atoms with Crippen LogP contribution in [0.15, 0.2) is 48.7 Å². The molecule has 0 unspecified atom stereocenters. The van der Waals surface area contributed by atoms with Crippen LogP contribution in [0.25, 0.3) is 10.9 Å². The molecule has 0 bridgehead atoms. The molecule has 1 heterocycles. The van der Waals surface area contributed by atoms with E-state index in [9.17, 15) is 4.79 Å². The Morgan fingerprint density at radius 2 is 1.87 bits per heavy atom. The summed E-state index contributed by atoms with van der Waals surface area (Å²) in [4.78, 5) is 15.3. The number of carbonyl (C=O) groups excluding carboxylic acids is 1. The van der Waals surface area contributed by atoms with Crippen molar-refractivity contribution in [3.05, 3.63) is 54.2 Å². The molecule has 118 valence electrons. The third-order valence-corrected chi connectivity index (χ3v) is 3.65. The molecule has 0 aliphatic carbocycles. The number of carbonyl (C=O) groups is 1. The largest absolute Gasteiger partial charge is 0.493 e. The summed E-state index contributed by atoms with van der Waals surface area (Å²) in [6.07, 6.45) is 2.14. The van der Waals surface area contributed by atoms with E-state index in [1.807, 2.05) is 42.6 Å². The first kappa shape index (κ1) is 15.0. The van der Waals surface area contributed by atoms with Crippen LogP contribution in [0.1, 0.15) is 5.56 Å². The van der Waals surface area contributed by atoms with E-state index in [1.54, 1.807) is 20.3 Å². The predicted octanol–water partition coefficient (Wildman–Crippen LogP) is 3.37. The standard InChI is InChI=1S/C18H18N2O3/c1-22-16-6-3-12(9-17(16)23-2)10-18(21)20-14-5-4-13-7-8-19-15(13)11-14/h3-9,11,19H,10H2,1-2H3,(H,20,21). The van der Waals surface area contributed by atoms with Gasteiger partial charge in [-0.05, 0) is 41.3 Å². The molecule has 3 rings (SSSR count). The van der Waals surface area contributed by atoms with Crippen LogP contribution >= 0.6 is 0 Å². The van der Waals surface area contributed by atoms with Crippen LogP contribution in [-0.2, 0) is 11.2 Å². The molecule has 0 spiro atoms. The highest BCUT2D eigenvalue weighted by Gasteiger charge is 2.09. The van der Waals surface area contributed by atoms with Gasteiger partial charge < -0.3 is 19.8 Å². The quantitative estimate of drug-likeness (QED) is 0.759. The number of aromatic nitrogens is 1. The summed E-state index contributed by atoms with van der Waals surface area (Å²) in [6.45, 7) is 0. The lowest BCUT2D eigenvalue weighted by Gasteiger charge is -2.10. The van der Waals surface area contributed by atoms with E-state index >= 15 is 0 Å². The average Bonchev–Trinajstić information content (AvgIpc) is 3.02. The number of fused-ring (bicyclic) bond motifs is 1. The topological polar surface area (TPSA) is 63.3 Å². The van der Waals surface area contributed by atoms with Gasteiger partial charge in [0, 0.05) is 17.4 Å². The number of hydrogen-bond donors (Lipinski definition) is 2. The van der Waals surface area contributed by atoms with Crippen LogP contribution in [0.4, 0.5) is 5.69 Å². The zero-order valence-corrected chi connectivity index (χ0v) is 13.1. The molecule has 0 aliphatic heterocycles. The number of amides is 1. The maximum Gasteiger partial charge on any atom is 0.228 e. The molecule has 0 atom stereocenters. The lowest BCUT2D eigenvalue weighted by molar-refractivity contribution is -0.115. The molecule has 0 saturated carbocycles. The van der Waals surface area contributed by atoms with Crippen molar-refractivity contribution in [1.29, 1.82) is 0 Å². The van der Waals surface area contributed by atoms with Crippen molar-refractivity contribution in [2.24, 2.45) is 0 Å². The molecule has 3 aromatic rings. The van der Waals surface area contributed by atoms with E-state index < -0.39 is 0 Å². The number of hydrogen-bond acceptors (Lipinski definition) is 3. The minimum atomic E-state index is -0.0804. The Morgan fingerprint density at radius 1 is 1.04 bits per heavy atom. The Kier molecular flexibility index (Phi) is 4.19. The average molecular weight is 310 g/mol. The summed E-state index contributed by atoms with van der Waals surface area (Å²) < 4.78 is 10.5. The van der Waals surface area contributed by atoms with Gasteiger partial charge in [0.2, 0.25) is 5.91 Å². The van der Waals surface area contributed by atoms with E-state index in [4.69, 9.17) is 9.47 Å². The normalized spacial score (nSPS) is 10.5. The minimum absolute atomic E-state index is 0.0804. The molecule has 23 heavy (non-hydrogen) atoms. The van der Waals surface area contributed by atoms with E-state index in [1.165, 1.54) is 0 Å². The summed E-state index contributed by atoms with van der Waals surface area (Å²) in [6, 6.07) is 13.2. The van der Waals surface area contributed by atoms with Gasteiger partial charge in [-0.15, -0.1) is 0 Å². The summed E-state index contributed by atoms with van der Waals surface area (Å²) in [5, 5.41) is 4.02. The van der Waals surface area contributed by atoms with Crippen molar-refractivity contribution in [3.63, 3.8) is 0 Å². The van der Waals surface area contributed by atoms with Gasteiger partial charge in [0.25, 0.3) is 0 Å². The van der Waals surface area contributed by atoms with Crippen molar-refractivity contribution in [2.75, 3.05) is 19.5 Å². The number of aromatic amines is 1. The predicted molar refractivity (Wildman–Crippen MR) is 90.2 cm³/mol. The second kappa shape index (κ2) is 6.44. The summed E-state index contributed by atoms with van der Waals surface area (Å²) in [5.74, 6) is 1.18. The van der Waals surface area contributed by atoms with Crippen LogP contribution in [0.2, 0.25) is 0 Å². The van der Waals surface area contributed by atoms with Crippen molar-refractivity contribution >= 4 is 22.5 Å². The molecule has 1 aromatic heterocycles. The number of H-pyrrole nitrogens is 1. The lowest BCUT2D eigenvalue weighted by Crippen LogP contribution is -2.14. The molecule has 2 aromatic carbocycles. The van der Waals surface area contributed by atoms with Crippen molar-refractivity contribution < 1.29 is 14.3 Å². The molecular weight excluding hydrogens is 292 g/mol. The number of benzene rings is 2. The third kappa shape index (κ3) is 3.29. The molecule has 0 fully saturated rings. The Hall–Kier alpha value is -2.95. The minimum Gasteiger partial charge on any atom is -0.493 e. The van der Waals surface area contributed by atoms with Crippen molar-refractivity contribution in [1.82, 2.24) is 4.98 Å². The summed E-state index contributed by atoms with van der Waals surface area (Å²) in [7, 11) is 3.16. The maximum absolute atomic E-state index is 12.2. The smallest absolute Gasteiger partial charge is 0.228 e. The molecule has 5 nitrogen and oxygen atoms in total. The summed E-state index contributed by atoms with van der Waals surface area (Å²) in [5.41, 5.74) is 2.63. The van der Waals surface area contributed by atoms with Crippen molar-refractivity contribution in [3.8, 4) is 11.5 Å². The van der Waals surface area contributed by atoms with Crippen LogP contribution in [0.3, 0.4) is 0 Å². The molecule has 0 saturated heterocycles. The zero-order valence-electron chi connectivity index (χ0n) is 13.1. The molecular formula is C18H18N2O3. The fraction of sp³-hybridized carbons (Fsp3) is 0.167. The van der Waals surface area contributed by atoms with Crippen LogP contribution < -0.4 is 14.8 Å². The van der Waals surface area contributed by atoms with Gasteiger partial charge in [0.05, 0.1) is 20.6 Å². The first-order valence-electron chi connectivity index (χ1n) is 7.27. The second-order valence-electron chi connectivity index (χ2n) is 5.19. The number of nitrogens with one attached hydrogen (secondary N) is 2. The van der Waals surface area contributed by atoms with Crippen LogP contribution in [0, 0.1) is 0 Å². The van der Waals surface area contributed by atoms with Crippen LogP contribution in [-0.4, -0.2) is 25.1 Å². The fourth-order valence-electron chi connectivity index (χ4n) is 2.51. The van der Waals surface area contributed by atoms with Gasteiger partial charge in [-0.25, -0.2) is 0 Å². The third-order valence-electron chi connectivity index (χ3n) is 3.65. The SMILES string of the molecule is COc1ccc(CC(=O)Nc2ccc3cc[nH]c3c2)cc1OC. The Labute approximate surface area is 134 Å². The number of methoxy groups -OCH3 is 2. The van der Waals surface area contributed by atoms with Gasteiger partial charge in [0.1, 0.15) is 0 Å². The van der Waals surface area contributed by atoms with E-state index in [2.05, 4.69) is 10.3 Å². The van der Waals surface area contributed by atoms with E-state index in [-0.39, 0.29) is 12.3 Å². The number of anilines is 1. The fourth-order valence-corrected chi connectivity index (χ4v) is 2.51. The highest BCUT2D eigenvalue weighted by atomic mass is 16.5. The Bertz CT molecular complexity index is 839. The molecule has 2 N–H and O–H groups in total. The molecule has 0 radical (unpaired) electrons. The summed E-state index contributed by atoms with van der Waals surface area (Å²) >= 11 is 0. The lowest BCUT2D eigenvalue weighted by atomic mass is 10.1. The van der Waals surface area contributed by atoms with Gasteiger partial charge in [0.15, 0.2) is 11.5 Å². The van der Waals surface area contributed by atoms with Crippen molar-refractivity contribution in [2.45, 2.75) is 6.42 Å². The number of ether oxygens (including phenoxy) is 2. The highest BCUT2D eigenvalue weighted by Crippen LogP contribution is 2.27. The van der Waals surface area contributed by atoms with Gasteiger partial charge in [-0.2, -0.15) is 0 Å². The molecule has 1 amide bonds. The first-order chi connectivity index (χ1) is 11.2. The van der Waals surface area contributed by atoms with E-state index in [0.29, 0.717) is 11.5 Å². The van der Waals surface area contributed by atoms with Gasteiger partial charge >= 0.3 is 0 Å². The van der Waals surface area contributed by atoms with Gasteiger partial charge in [-0.1, -0.05) is 12.1 Å². The number of rotatable bonds is 5. The first-order valence-corrected chi connectivity index (χ1v) is 7.27. The van der Waals surface area contributed by atoms with Gasteiger partial charge in [-0.3, -0.25) is 4.79 Å². The van der Waals surface area contributed by atoms with Crippen LogP contribution in [0.5, 0.6) is 11.5 Å².